The molecule has 0 aromatic carbocycles. The largest absolute Gasteiger partial charge is 0.357 e. The molecule has 1 aromatic rings. The molecular formula is C9H13N3. The molecule has 1 aliphatic heterocycles. The molecular weight excluding hydrogens is 150 g/mol. The molecule has 1 saturated heterocycles. The van der Waals surface area contributed by atoms with Gasteiger partial charge >= 0.3 is 0 Å². The van der Waals surface area contributed by atoms with Crippen molar-refractivity contribution in [2.75, 3.05) is 18.0 Å². The van der Waals surface area contributed by atoms with E-state index >= 15 is 0 Å². The van der Waals surface area contributed by atoms with Crippen LogP contribution in [0.2, 0.25) is 0 Å². The van der Waals surface area contributed by atoms with Crippen molar-refractivity contribution >= 4 is 5.82 Å². The van der Waals surface area contributed by atoms with Crippen LogP contribution in [0.15, 0.2) is 12.3 Å². The molecule has 1 fully saturated rings. The van der Waals surface area contributed by atoms with E-state index in [9.17, 15) is 0 Å². The minimum Gasteiger partial charge on any atom is -0.357 e. The minimum absolute atomic E-state index is 0.861. The van der Waals surface area contributed by atoms with Crippen LogP contribution in [0.25, 0.3) is 0 Å². The highest BCUT2D eigenvalue weighted by molar-refractivity contribution is 5.38. The number of nitrogens with zero attached hydrogens (tertiary/aromatic N) is 3. The van der Waals surface area contributed by atoms with Gasteiger partial charge in [0, 0.05) is 19.3 Å². The normalized spacial score (nSPS) is 16.9. The Bertz CT molecular complexity index is 266. The van der Waals surface area contributed by atoms with E-state index in [1.807, 2.05) is 19.2 Å². The zero-order valence-electron chi connectivity index (χ0n) is 7.32. The summed E-state index contributed by atoms with van der Waals surface area (Å²) in [4.78, 5) is 10.8. The molecule has 2 heterocycles. The van der Waals surface area contributed by atoms with Gasteiger partial charge in [-0.1, -0.05) is 0 Å². The van der Waals surface area contributed by atoms with Crippen molar-refractivity contribution in [3.63, 3.8) is 0 Å². The molecule has 0 aliphatic carbocycles. The number of aryl methyl sites for hydroxylation is 1. The molecule has 1 aliphatic rings. The van der Waals surface area contributed by atoms with Crippen LogP contribution in [0, 0.1) is 6.92 Å². The van der Waals surface area contributed by atoms with Crippen molar-refractivity contribution in [2.24, 2.45) is 0 Å². The van der Waals surface area contributed by atoms with Crippen LogP contribution in [0.5, 0.6) is 0 Å². The maximum atomic E-state index is 4.37. The van der Waals surface area contributed by atoms with Crippen molar-refractivity contribution in [1.82, 2.24) is 9.97 Å². The van der Waals surface area contributed by atoms with Crippen LogP contribution < -0.4 is 4.90 Å². The average molecular weight is 163 g/mol. The van der Waals surface area contributed by atoms with Crippen LogP contribution in [0.4, 0.5) is 5.82 Å². The molecule has 0 atom stereocenters. The third kappa shape index (κ3) is 1.40. The fourth-order valence-corrected chi connectivity index (χ4v) is 1.57. The van der Waals surface area contributed by atoms with E-state index in [2.05, 4.69) is 14.9 Å². The van der Waals surface area contributed by atoms with Gasteiger partial charge in [-0.15, -0.1) is 0 Å². The molecule has 0 spiro atoms. The smallest absolute Gasteiger partial charge is 0.132 e. The summed E-state index contributed by atoms with van der Waals surface area (Å²) in [5.41, 5.74) is 0. The zero-order valence-corrected chi connectivity index (χ0v) is 7.32. The van der Waals surface area contributed by atoms with Crippen molar-refractivity contribution in [3.8, 4) is 0 Å². The van der Waals surface area contributed by atoms with Crippen LogP contribution in [0.1, 0.15) is 18.7 Å². The number of hydrogen-bond acceptors (Lipinski definition) is 3. The first kappa shape index (κ1) is 7.53. The van der Waals surface area contributed by atoms with E-state index in [4.69, 9.17) is 0 Å². The van der Waals surface area contributed by atoms with Crippen molar-refractivity contribution in [2.45, 2.75) is 19.8 Å². The molecule has 0 saturated carbocycles. The number of anilines is 1. The lowest BCUT2D eigenvalue weighted by Gasteiger charge is -2.15. The molecule has 3 heteroatoms. The predicted octanol–water partition coefficient (Wildman–Crippen LogP) is 1.39. The van der Waals surface area contributed by atoms with Gasteiger partial charge in [0.2, 0.25) is 0 Å². The molecule has 12 heavy (non-hydrogen) atoms. The molecule has 0 bridgehead atoms. The lowest BCUT2D eigenvalue weighted by molar-refractivity contribution is 0.910. The number of rotatable bonds is 1. The molecule has 0 radical (unpaired) electrons. The molecule has 0 N–H and O–H groups in total. The fourth-order valence-electron chi connectivity index (χ4n) is 1.57. The summed E-state index contributed by atoms with van der Waals surface area (Å²) in [7, 11) is 0. The first-order chi connectivity index (χ1) is 5.86. The second-order valence-corrected chi connectivity index (χ2v) is 3.16. The van der Waals surface area contributed by atoms with Crippen LogP contribution in [-0.4, -0.2) is 23.1 Å². The fraction of sp³-hybridized carbons (Fsp3) is 0.556. The average Bonchev–Trinajstić information content (AvgIpc) is 2.56. The van der Waals surface area contributed by atoms with Gasteiger partial charge in [-0.3, -0.25) is 0 Å². The summed E-state index contributed by atoms with van der Waals surface area (Å²) in [6.45, 7) is 4.23. The Balaban J connectivity index is 2.21. The first-order valence-corrected chi connectivity index (χ1v) is 4.41. The Kier molecular flexibility index (Phi) is 1.94. The SMILES string of the molecule is Cc1nccc(N2CCCC2)n1. The molecule has 1 aromatic heterocycles. The summed E-state index contributed by atoms with van der Waals surface area (Å²) in [6, 6.07) is 1.98. The third-order valence-electron chi connectivity index (χ3n) is 2.19. The van der Waals surface area contributed by atoms with Gasteiger partial charge in [0.25, 0.3) is 0 Å². The van der Waals surface area contributed by atoms with E-state index in [0.717, 1.165) is 24.7 Å². The lowest BCUT2D eigenvalue weighted by Crippen LogP contribution is -2.19. The summed E-state index contributed by atoms with van der Waals surface area (Å²) < 4.78 is 0. The quantitative estimate of drug-likeness (QED) is 0.626. The Morgan fingerprint density at radius 1 is 1.33 bits per heavy atom. The highest BCUT2D eigenvalue weighted by Crippen LogP contribution is 2.16. The summed E-state index contributed by atoms with van der Waals surface area (Å²) in [5.74, 6) is 1.94. The van der Waals surface area contributed by atoms with Gasteiger partial charge < -0.3 is 4.90 Å². The van der Waals surface area contributed by atoms with E-state index in [0.29, 0.717) is 0 Å². The maximum absolute atomic E-state index is 4.37. The van der Waals surface area contributed by atoms with Gasteiger partial charge in [0.1, 0.15) is 11.6 Å². The lowest BCUT2D eigenvalue weighted by atomic mass is 10.4. The third-order valence-corrected chi connectivity index (χ3v) is 2.19. The standard InChI is InChI=1S/C9H13N3/c1-8-10-5-4-9(11-8)12-6-2-3-7-12/h4-5H,2-3,6-7H2,1H3. The Morgan fingerprint density at radius 2 is 2.08 bits per heavy atom. The van der Waals surface area contributed by atoms with E-state index in [1.54, 1.807) is 0 Å². The topological polar surface area (TPSA) is 29.0 Å². The minimum atomic E-state index is 0.861. The molecule has 64 valence electrons. The molecule has 0 amide bonds. The monoisotopic (exact) mass is 163 g/mol. The first-order valence-electron chi connectivity index (χ1n) is 4.41. The van der Waals surface area contributed by atoms with E-state index in [-0.39, 0.29) is 0 Å². The highest BCUT2D eigenvalue weighted by Gasteiger charge is 2.12. The second-order valence-electron chi connectivity index (χ2n) is 3.16. The Hall–Kier alpha value is -1.12. The Morgan fingerprint density at radius 3 is 2.75 bits per heavy atom. The van der Waals surface area contributed by atoms with Crippen molar-refractivity contribution < 1.29 is 0 Å². The molecule has 3 nitrogen and oxygen atoms in total. The second kappa shape index (κ2) is 3.09. The van der Waals surface area contributed by atoms with Crippen LogP contribution in [-0.2, 0) is 0 Å². The van der Waals surface area contributed by atoms with Crippen molar-refractivity contribution in [3.05, 3.63) is 18.1 Å². The highest BCUT2D eigenvalue weighted by atomic mass is 15.2. The molecule has 0 unspecified atom stereocenters. The van der Waals surface area contributed by atoms with Crippen LogP contribution >= 0.6 is 0 Å². The summed E-state index contributed by atoms with van der Waals surface area (Å²) >= 11 is 0. The van der Waals surface area contributed by atoms with Gasteiger partial charge in [0.05, 0.1) is 0 Å². The number of hydrogen-bond donors (Lipinski definition) is 0. The van der Waals surface area contributed by atoms with Gasteiger partial charge in [0.15, 0.2) is 0 Å². The van der Waals surface area contributed by atoms with Crippen molar-refractivity contribution in [1.29, 1.82) is 0 Å². The number of aromatic nitrogens is 2. The summed E-state index contributed by atoms with van der Waals surface area (Å²) in [6.07, 6.45) is 4.42. The van der Waals surface area contributed by atoms with Crippen LogP contribution in [0.3, 0.4) is 0 Å². The van der Waals surface area contributed by atoms with E-state index in [1.165, 1.54) is 12.8 Å². The molecule has 2 rings (SSSR count). The zero-order chi connectivity index (χ0) is 8.39. The summed E-state index contributed by atoms with van der Waals surface area (Å²) in [5, 5.41) is 0. The van der Waals surface area contributed by atoms with Gasteiger partial charge in [-0.05, 0) is 25.8 Å². The van der Waals surface area contributed by atoms with Gasteiger partial charge in [-0.2, -0.15) is 0 Å². The van der Waals surface area contributed by atoms with Gasteiger partial charge in [-0.25, -0.2) is 9.97 Å². The van der Waals surface area contributed by atoms with E-state index < -0.39 is 0 Å². The Labute approximate surface area is 72.4 Å². The maximum Gasteiger partial charge on any atom is 0.132 e. The predicted molar refractivity (Wildman–Crippen MR) is 48.2 cm³/mol.